The quantitative estimate of drug-likeness (QED) is 0.262. The Morgan fingerprint density at radius 3 is 1.85 bits per heavy atom. The Morgan fingerprint density at radius 2 is 1.30 bits per heavy atom. The van der Waals surface area contributed by atoms with Crippen LogP contribution in [0.3, 0.4) is 0 Å². The number of unbranched alkanes of at least 4 members (excludes halogenated alkanes) is 12. The minimum atomic E-state index is -1.15. The van der Waals surface area contributed by atoms with E-state index in [1.165, 1.54) is 70.6 Å². The third-order valence-corrected chi connectivity index (χ3v) is 5.34. The molecule has 0 amide bonds. The van der Waals surface area contributed by atoms with Gasteiger partial charge in [-0.25, -0.2) is 0 Å². The summed E-state index contributed by atoms with van der Waals surface area (Å²) in [5.74, 6) is 0. The molecule has 4 atom stereocenters. The molecule has 1 aliphatic heterocycles. The van der Waals surface area contributed by atoms with Crippen LogP contribution in [0.1, 0.15) is 83.5 Å². The zero-order valence-corrected chi connectivity index (χ0v) is 17.1. The lowest BCUT2D eigenvalue weighted by Crippen LogP contribution is -2.54. The Kier molecular flexibility index (Phi) is 15.0. The highest BCUT2D eigenvalue weighted by molar-refractivity contribution is 4.86. The fraction of sp³-hybridized carbons (Fsp3) is 0.909. The van der Waals surface area contributed by atoms with E-state index in [0.717, 1.165) is 12.8 Å². The Hall–Kier alpha value is -0.460. The van der Waals surface area contributed by atoms with Gasteiger partial charge in [0.2, 0.25) is 0 Å². The molecule has 1 fully saturated rings. The second-order valence-electron chi connectivity index (χ2n) is 7.82. The van der Waals surface area contributed by atoms with Gasteiger partial charge >= 0.3 is 0 Å². The molecule has 5 heteroatoms. The molecule has 0 aliphatic carbocycles. The number of ether oxygens (including phenoxy) is 2. The minimum Gasteiger partial charge on any atom is -0.388 e. The van der Waals surface area contributed by atoms with Crippen molar-refractivity contribution in [3.63, 3.8) is 0 Å². The lowest BCUT2D eigenvalue weighted by molar-refractivity contribution is -0.199. The first-order chi connectivity index (χ1) is 13.2. The van der Waals surface area contributed by atoms with Crippen molar-refractivity contribution < 1.29 is 24.8 Å². The molecule has 5 nitrogen and oxygen atoms in total. The molecule has 0 spiro atoms. The summed E-state index contributed by atoms with van der Waals surface area (Å²) in [6.07, 6.45) is 14.9. The van der Waals surface area contributed by atoms with Crippen molar-refractivity contribution in [3.8, 4) is 0 Å². The average Bonchev–Trinajstić information content (AvgIpc) is 2.67. The van der Waals surface area contributed by atoms with Crippen LogP contribution in [-0.4, -0.2) is 59.6 Å². The maximum absolute atomic E-state index is 9.81. The summed E-state index contributed by atoms with van der Waals surface area (Å²) in [7, 11) is 0. The zero-order chi connectivity index (χ0) is 19.7. The summed E-state index contributed by atoms with van der Waals surface area (Å²) in [5.41, 5.74) is 0. The molecule has 160 valence electrons. The molecular weight excluding hydrogens is 344 g/mol. The third-order valence-electron chi connectivity index (χ3n) is 5.34. The first-order valence-electron chi connectivity index (χ1n) is 11.0. The number of rotatable bonds is 17. The van der Waals surface area contributed by atoms with Crippen LogP contribution < -0.4 is 0 Å². The van der Waals surface area contributed by atoms with Crippen LogP contribution in [0.15, 0.2) is 12.7 Å². The van der Waals surface area contributed by atoms with Gasteiger partial charge in [0.05, 0.1) is 13.2 Å². The van der Waals surface area contributed by atoms with E-state index >= 15 is 0 Å². The molecule has 27 heavy (non-hydrogen) atoms. The van der Waals surface area contributed by atoms with E-state index in [-0.39, 0.29) is 13.2 Å². The normalized spacial score (nSPS) is 25.6. The first kappa shape index (κ1) is 24.6. The summed E-state index contributed by atoms with van der Waals surface area (Å²) in [6, 6.07) is 0. The first-order valence-corrected chi connectivity index (χ1v) is 11.0. The monoisotopic (exact) mass is 386 g/mol. The summed E-state index contributed by atoms with van der Waals surface area (Å²) < 4.78 is 10.9. The number of hydrogen-bond acceptors (Lipinski definition) is 5. The fourth-order valence-corrected chi connectivity index (χ4v) is 3.47. The van der Waals surface area contributed by atoms with Gasteiger partial charge < -0.3 is 24.8 Å². The van der Waals surface area contributed by atoms with Crippen LogP contribution >= 0.6 is 0 Å². The van der Waals surface area contributed by atoms with Crippen molar-refractivity contribution in [2.75, 3.05) is 19.8 Å². The maximum atomic E-state index is 9.81. The summed E-state index contributed by atoms with van der Waals surface area (Å²) in [5, 5.41) is 28.8. The van der Waals surface area contributed by atoms with Crippen molar-refractivity contribution >= 4 is 0 Å². The highest BCUT2D eigenvalue weighted by atomic mass is 16.6. The second kappa shape index (κ2) is 16.5. The Bertz CT molecular complexity index is 350. The standard InChI is InChI=1S/C22H42O5/c1-2-3-4-5-6-7-8-9-10-11-12-13-14-15-16-26-18-20-22(25)21(24)19(23)17-27-20/h2,19-25H,1,3-18H2/t19-,20+,21+,22+/m1/s1. The smallest absolute Gasteiger partial charge is 0.111 e. The van der Waals surface area contributed by atoms with Crippen LogP contribution in [0.25, 0.3) is 0 Å². The molecule has 1 aliphatic rings. The highest BCUT2D eigenvalue weighted by Crippen LogP contribution is 2.16. The Morgan fingerprint density at radius 1 is 0.778 bits per heavy atom. The number of hydrogen-bond donors (Lipinski definition) is 3. The SMILES string of the molecule is C=CCCCCCCCCCCCCCCOC[C@@H]1OC[C@@H](O)[C@H](O)[C@H]1O. The zero-order valence-electron chi connectivity index (χ0n) is 17.1. The molecule has 0 bridgehead atoms. The van der Waals surface area contributed by atoms with Gasteiger partial charge in [-0.05, 0) is 19.3 Å². The lowest BCUT2D eigenvalue weighted by atomic mass is 10.0. The summed E-state index contributed by atoms with van der Waals surface area (Å²) in [6.45, 7) is 4.71. The van der Waals surface area contributed by atoms with Crippen LogP contribution in [0.4, 0.5) is 0 Å². The molecule has 1 heterocycles. The molecular formula is C22H42O5. The summed E-state index contributed by atoms with van der Waals surface area (Å²) >= 11 is 0. The van der Waals surface area contributed by atoms with E-state index < -0.39 is 24.4 Å². The molecule has 0 aromatic heterocycles. The van der Waals surface area contributed by atoms with Gasteiger partial charge in [-0.3, -0.25) is 0 Å². The van der Waals surface area contributed by atoms with Gasteiger partial charge in [-0.15, -0.1) is 6.58 Å². The summed E-state index contributed by atoms with van der Waals surface area (Å²) in [4.78, 5) is 0. The van der Waals surface area contributed by atoms with E-state index in [1.54, 1.807) is 0 Å². The molecule has 1 saturated heterocycles. The van der Waals surface area contributed by atoms with Crippen molar-refractivity contribution in [1.29, 1.82) is 0 Å². The van der Waals surface area contributed by atoms with Crippen molar-refractivity contribution in [2.24, 2.45) is 0 Å². The fourth-order valence-electron chi connectivity index (χ4n) is 3.47. The van der Waals surface area contributed by atoms with E-state index in [9.17, 15) is 15.3 Å². The number of allylic oxidation sites excluding steroid dienone is 1. The van der Waals surface area contributed by atoms with Gasteiger partial charge in [0.25, 0.3) is 0 Å². The average molecular weight is 387 g/mol. The van der Waals surface area contributed by atoms with Crippen LogP contribution in [0.2, 0.25) is 0 Å². The topological polar surface area (TPSA) is 79.2 Å². The lowest BCUT2D eigenvalue weighted by Gasteiger charge is -2.35. The maximum Gasteiger partial charge on any atom is 0.111 e. The van der Waals surface area contributed by atoms with Gasteiger partial charge in [0, 0.05) is 6.61 Å². The van der Waals surface area contributed by atoms with Gasteiger partial charge in [-0.1, -0.05) is 70.3 Å². The largest absolute Gasteiger partial charge is 0.388 e. The molecule has 0 radical (unpaired) electrons. The predicted molar refractivity (Wildman–Crippen MR) is 109 cm³/mol. The van der Waals surface area contributed by atoms with Crippen LogP contribution in [-0.2, 0) is 9.47 Å². The molecule has 0 aromatic carbocycles. The van der Waals surface area contributed by atoms with Gasteiger partial charge in [0.15, 0.2) is 0 Å². The molecule has 0 unspecified atom stereocenters. The second-order valence-corrected chi connectivity index (χ2v) is 7.82. The van der Waals surface area contributed by atoms with Gasteiger partial charge in [-0.2, -0.15) is 0 Å². The van der Waals surface area contributed by atoms with E-state index in [4.69, 9.17) is 9.47 Å². The van der Waals surface area contributed by atoms with Crippen LogP contribution in [0, 0.1) is 0 Å². The number of aliphatic hydroxyl groups is 3. The Balaban J connectivity index is 1.79. The molecule has 1 rings (SSSR count). The van der Waals surface area contributed by atoms with E-state index in [1.807, 2.05) is 6.08 Å². The van der Waals surface area contributed by atoms with Gasteiger partial charge in [0.1, 0.15) is 24.4 Å². The molecule has 3 N–H and O–H groups in total. The molecule has 0 saturated carbocycles. The van der Waals surface area contributed by atoms with Crippen molar-refractivity contribution in [2.45, 2.75) is 108 Å². The number of aliphatic hydroxyl groups excluding tert-OH is 3. The highest BCUT2D eigenvalue weighted by Gasteiger charge is 2.37. The van der Waals surface area contributed by atoms with E-state index in [0.29, 0.717) is 6.61 Å². The molecule has 0 aromatic rings. The predicted octanol–water partition coefficient (Wildman–Crippen LogP) is 3.74. The van der Waals surface area contributed by atoms with Crippen molar-refractivity contribution in [3.05, 3.63) is 12.7 Å². The van der Waals surface area contributed by atoms with Crippen molar-refractivity contribution in [1.82, 2.24) is 0 Å². The Labute approximate surface area is 165 Å². The minimum absolute atomic E-state index is 0.0432. The third kappa shape index (κ3) is 11.9. The van der Waals surface area contributed by atoms with E-state index in [2.05, 4.69) is 6.58 Å². The van der Waals surface area contributed by atoms with Crippen LogP contribution in [0.5, 0.6) is 0 Å².